The molecule has 4 N–H and O–H groups in total. The highest BCUT2D eigenvalue weighted by atomic mass is 35.5. The lowest BCUT2D eigenvalue weighted by Gasteiger charge is -2.49. The Kier molecular flexibility index (Phi) is 6.79. The maximum Gasteiger partial charge on any atom is 0.352 e. The molecule has 2 aliphatic heterocycles. The highest BCUT2D eigenvalue weighted by molar-refractivity contribution is 8.00. The molecule has 2 atom stereocenters. The van der Waals surface area contributed by atoms with E-state index in [2.05, 4.69) is 15.5 Å². The number of aromatic nitrogens is 3. The number of carboxylic acids is 1. The fourth-order valence-corrected chi connectivity index (χ4v) is 6.23. The molecular weight excluding hydrogens is 542 g/mol. The van der Waals surface area contributed by atoms with E-state index in [1.165, 1.54) is 16.7 Å². The lowest BCUT2D eigenvalue weighted by Crippen LogP contribution is -2.71. The molecule has 12 nitrogen and oxygen atoms in total. The summed E-state index contributed by atoms with van der Waals surface area (Å²) in [5.74, 6) is -2.03. The van der Waals surface area contributed by atoms with Crippen LogP contribution in [0.5, 0.6) is 0 Å². The van der Waals surface area contributed by atoms with Crippen molar-refractivity contribution < 1.29 is 28.9 Å². The van der Waals surface area contributed by atoms with E-state index in [0.717, 1.165) is 16.9 Å². The van der Waals surface area contributed by atoms with Crippen molar-refractivity contribution in [2.45, 2.75) is 24.9 Å². The highest BCUT2D eigenvalue weighted by Crippen LogP contribution is 2.40. The van der Waals surface area contributed by atoms with E-state index in [4.69, 9.17) is 22.2 Å². The Morgan fingerprint density at radius 3 is 2.95 bits per heavy atom. The molecule has 5 rings (SSSR count). The van der Waals surface area contributed by atoms with Crippen LogP contribution in [0, 0.1) is 0 Å². The molecule has 15 heteroatoms. The van der Waals surface area contributed by atoms with Crippen LogP contribution in [0.1, 0.15) is 12.6 Å². The molecule has 0 radical (unpaired) electrons. The van der Waals surface area contributed by atoms with Gasteiger partial charge < -0.3 is 21.0 Å². The van der Waals surface area contributed by atoms with E-state index in [0.29, 0.717) is 16.5 Å². The number of carbonyl (C=O) groups is 3. The van der Waals surface area contributed by atoms with E-state index in [1.54, 1.807) is 35.2 Å². The molecule has 0 unspecified atom stereocenters. The summed E-state index contributed by atoms with van der Waals surface area (Å²) < 4.78 is 3.63. The number of halogens is 1. The molecule has 0 saturated carbocycles. The number of nitrogens with one attached hydrogen (secondary N) is 1. The fourth-order valence-electron chi connectivity index (χ4n) is 4.13. The van der Waals surface area contributed by atoms with Gasteiger partial charge in [-0.15, -0.1) is 23.1 Å². The number of nitrogen functional groups attached to an aromatic ring is 1. The van der Waals surface area contributed by atoms with Gasteiger partial charge in [0.15, 0.2) is 29.8 Å². The van der Waals surface area contributed by atoms with Crippen LogP contribution in [0.25, 0.3) is 5.52 Å². The normalized spacial score (nSPS) is 19.6. The number of carboxylic acid groups (broad SMARTS) is 1. The van der Waals surface area contributed by atoms with Crippen molar-refractivity contribution in [1.82, 2.24) is 19.6 Å². The Morgan fingerprint density at radius 2 is 2.24 bits per heavy atom. The zero-order chi connectivity index (χ0) is 26.3. The number of β-lactam (4-membered cyclic amide) rings is 1. The Hall–Kier alpha value is -3.62. The van der Waals surface area contributed by atoms with Crippen LogP contribution >= 0.6 is 34.7 Å². The van der Waals surface area contributed by atoms with Crippen LogP contribution in [0.4, 0.5) is 5.13 Å². The smallest absolute Gasteiger partial charge is 0.352 e. The van der Waals surface area contributed by atoms with Crippen LogP contribution < -0.4 is 15.6 Å². The summed E-state index contributed by atoms with van der Waals surface area (Å²) in [6.07, 6.45) is 5.42. The third-order valence-electron chi connectivity index (χ3n) is 5.78. The van der Waals surface area contributed by atoms with Crippen LogP contribution in [0.15, 0.2) is 52.5 Å². The minimum Gasteiger partial charge on any atom is -0.477 e. The number of carbonyl (C=O) groups excluding carboxylic acids is 2. The fraction of sp³-hybridized carbons (Fsp3) is 0.273. The van der Waals surface area contributed by atoms with Gasteiger partial charge in [0.2, 0.25) is 0 Å². The van der Waals surface area contributed by atoms with Gasteiger partial charge in [-0.1, -0.05) is 16.8 Å². The van der Waals surface area contributed by atoms with Crippen LogP contribution in [-0.2, 0) is 25.8 Å². The number of amides is 2. The number of nitrogens with two attached hydrogens (primary N) is 1. The number of fused-ring (bicyclic) bond motifs is 2. The summed E-state index contributed by atoms with van der Waals surface area (Å²) in [6.45, 7) is 2.21. The molecule has 192 valence electrons. The summed E-state index contributed by atoms with van der Waals surface area (Å²) in [5.41, 5.74) is 7.14. The molecule has 5 heterocycles. The van der Waals surface area contributed by atoms with Crippen molar-refractivity contribution in [1.29, 1.82) is 0 Å². The van der Waals surface area contributed by atoms with Crippen molar-refractivity contribution in [2.24, 2.45) is 5.16 Å². The van der Waals surface area contributed by atoms with Gasteiger partial charge in [-0.25, -0.2) is 9.78 Å². The van der Waals surface area contributed by atoms with Gasteiger partial charge in [0.1, 0.15) is 40.1 Å². The highest BCUT2D eigenvalue weighted by Gasteiger charge is 2.54. The maximum absolute atomic E-state index is 13.1. The largest absolute Gasteiger partial charge is 0.477 e. The number of oxime groups is 1. The number of aliphatic carboxylic acids is 1. The van der Waals surface area contributed by atoms with E-state index < -0.39 is 29.2 Å². The zero-order valence-electron chi connectivity index (χ0n) is 19.3. The van der Waals surface area contributed by atoms with Crippen LogP contribution in [0.2, 0.25) is 5.15 Å². The maximum atomic E-state index is 13.1. The lowest BCUT2D eigenvalue weighted by molar-refractivity contribution is -0.688. The van der Waals surface area contributed by atoms with Crippen LogP contribution in [-0.4, -0.2) is 66.7 Å². The summed E-state index contributed by atoms with van der Waals surface area (Å²) in [4.78, 5) is 48.6. The molecule has 37 heavy (non-hydrogen) atoms. The Bertz CT molecular complexity index is 1480. The molecule has 3 aromatic heterocycles. The first-order valence-corrected chi connectivity index (χ1v) is 13.4. The standard InChI is InChI=1S/C22H20ClN7O5S2/c1-2-35-27-15(13-10-37-22(24)25-13)18(31)26-16-19(32)30-17(21(33)34)11(9-36-20(16)30)7-28-5-6-29-12(8-28)3-4-14(29)23/h3-6,8,10,16,20H,2,7,9H2,1H3,(H3-,24,25,26,31,33,34)/p+1/t16-,20+/m1/s1. The van der Waals surface area contributed by atoms with Crippen LogP contribution in [0.3, 0.4) is 0 Å². The Labute approximate surface area is 223 Å². The second-order valence-corrected chi connectivity index (χ2v) is 10.5. The van der Waals surface area contributed by atoms with Crippen molar-refractivity contribution in [2.75, 3.05) is 18.1 Å². The van der Waals surface area contributed by atoms with Gasteiger partial charge in [0.25, 0.3) is 11.8 Å². The summed E-state index contributed by atoms with van der Waals surface area (Å²) in [6, 6.07) is 2.69. The predicted octanol–water partition coefficient (Wildman–Crippen LogP) is 1.10. The summed E-state index contributed by atoms with van der Waals surface area (Å²) in [7, 11) is 0. The molecule has 0 aromatic carbocycles. The molecule has 3 aromatic rings. The van der Waals surface area contributed by atoms with E-state index in [9.17, 15) is 19.5 Å². The number of nitrogens with zero attached hydrogens (tertiary/aromatic N) is 5. The average Bonchev–Trinajstić information content (AvgIpc) is 3.47. The van der Waals surface area contributed by atoms with Crippen molar-refractivity contribution >= 4 is 68.8 Å². The van der Waals surface area contributed by atoms with Gasteiger partial charge in [0.05, 0.1) is 6.20 Å². The topological polar surface area (TPSA) is 156 Å². The second kappa shape index (κ2) is 10.0. The number of thioether (sulfide) groups is 1. The van der Waals surface area contributed by atoms with Crippen molar-refractivity contribution in [3.63, 3.8) is 0 Å². The number of thiazole rings is 1. The van der Waals surface area contributed by atoms with Gasteiger partial charge >= 0.3 is 5.97 Å². The second-order valence-electron chi connectivity index (χ2n) is 8.10. The first-order chi connectivity index (χ1) is 17.8. The molecule has 1 fully saturated rings. The van der Waals surface area contributed by atoms with Gasteiger partial charge in [-0.3, -0.25) is 18.9 Å². The third kappa shape index (κ3) is 4.63. The minimum atomic E-state index is -1.21. The zero-order valence-corrected chi connectivity index (χ0v) is 21.7. The van der Waals surface area contributed by atoms with Gasteiger partial charge in [-0.2, -0.15) is 4.57 Å². The quantitative estimate of drug-likeness (QED) is 0.159. The Balaban J connectivity index is 1.35. The summed E-state index contributed by atoms with van der Waals surface area (Å²) in [5, 5.41) is 18.3. The SMILES string of the molecule is CCON=C(C(=O)N[C@@H]1C(=O)N2C(C(=O)O)=C(C[n+]3ccn4c(Cl)ccc4c3)CS[C@@H]12)c1csc(N)n1. The third-order valence-corrected chi connectivity index (χ3v) is 8.10. The molecular formula is C22H21ClN7O5S2+. The molecule has 0 aliphatic carbocycles. The summed E-state index contributed by atoms with van der Waals surface area (Å²) >= 11 is 8.65. The monoisotopic (exact) mass is 562 g/mol. The van der Waals surface area contributed by atoms with Gasteiger partial charge in [0, 0.05) is 16.7 Å². The Morgan fingerprint density at radius 1 is 1.43 bits per heavy atom. The van der Waals surface area contributed by atoms with Gasteiger partial charge in [-0.05, 0) is 19.1 Å². The number of rotatable bonds is 8. The molecule has 0 bridgehead atoms. The number of hydrogen-bond acceptors (Lipinski definition) is 9. The number of hydrogen-bond donors (Lipinski definition) is 3. The molecule has 2 amide bonds. The molecule has 2 aliphatic rings. The number of anilines is 1. The molecule has 1 saturated heterocycles. The average molecular weight is 563 g/mol. The molecule has 0 spiro atoms. The van der Waals surface area contributed by atoms with Crippen molar-refractivity contribution in [3.8, 4) is 0 Å². The minimum absolute atomic E-state index is 0.0736. The first-order valence-electron chi connectivity index (χ1n) is 11.1. The lowest BCUT2D eigenvalue weighted by atomic mass is 10.0. The van der Waals surface area contributed by atoms with Crippen molar-refractivity contribution in [3.05, 3.63) is 58.2 Å². The van der Waals surface area contributed by atoms with E-state index in [1.807, 2.05) is 16.8 Å². The van der Waals surface area contributed by atoms with E-state index in [-0.39, 0.29) is 35.4 Å². The predicted molar refractivity (Wildman–Crippen MR) is 137 cm³/mol. The van der Waals surface area contributed by atoms with E-state index >= 15 is 0 Å². The first kappa shape index (κ1) is 25.0.